The van der Waals surface area contributed by atoms with Crippen LogP contribution in [0.15, 0.2) is 54.7 Å². The van der Waals surface area contributed by atoms with Gasteiger partial charge < -0.3 is 10.4 Å². The molecule has 3 rings (SSSR count). The van der Waals surface area contributed by atoms with E-state index in [0.717, 1.165) is 10.9 Å². The largest absolute Gasteiger partial charge is 0.481 e. The average molecular weight is 323 g/mol. The van der Waals surface area contributed by atoms with Crippen molar-refractivity contribution in [3.8, 4) is 0 Å². The van der Waals surface area contributed by atoms with Gasteiger partial charge in [0.25, 0.3) is 0 Å². The highest BCUT2D eigenvalue weighted by Crippen LogP contribution is 2.28. The monoisotopic (exact) mass is 323 g/mol. The fraction of sp³-hybridized carbons (Fsp3) is 0.167. The highest BCUT2D eigenvalue weighted by atomic mass is 16.4. The predicted octanol–water partition coefficient (Wildman–Crippen LogP) is 2.93. The van der Waals surface area contributed by atoms with Gasteiger partial charge in [0.1, 0.15) is 0 Å². The number of carbonyl (C=O) groups excluding carboxylic acids is 1. The van der Waals surface area contributed by atoms with Crippen LogP contribution >= 0.6 is 0 Å². The van der Waals surface area contributed by atoms with E-state index in [9.17, 15) is 14.7 Å². The lowest BCUT2D eigenvalue weighted by Crippen LogP contribution is -2.36. The first-order valence-corrected chi connectivity index (χ1v) is 7.51. The molecule has 3 N–H and O–H groups in total. The van der Waals surface area contributed by atoms with Crippen molar-refractivity contribution < 1.29 is 14.7 Å². The maximum Gasteiger partial charge on any atom is 0.314 e. The number of amides is 1. The number of benzene rings is 2. The summed E-state index contributed by atoms with van der Waals surface area (Å²) in [6, 6.07) is 14.1. The Hall–Kier alpha value is -3.15. The minimum Gasteiger partial charge on any atom is -0.481 e. The molecule has 1 atom stereocenters. The van der Waals surface area contributed by atoms with Gasteiger partial charge in [-0.3, -0.25) is 14.7 Å². The number of hydrogen-bond donors (Lipinski definition) is 3. The number of aliphatic carboxylic acids is 1. The number of nitrogens with one attached hydrogen (secondary N) is 2. The number of anilines is 1. The summed E-state index contributed by atoms with van der Waals surface area (Å²) in [5.74, 6) is -1.39. The van der Waals surface area contributed by atoms with Gasteiger partial charge in [-0.1, -0.05) is 30.3 Å². The molecule has 0 fully saturated rings. The summed E-state index contributed by atoms with van der Waals surface area (Å²) in [6.07, 6.45) is 1.53. The van der Waals surface area contributed by atoms with Crippen LogP contribution in [0.4, 0.5) is 5.69 Å². The molecular weight excluding hydrogens is 306 g/mol. The zero-order valence-corrected chi connectivity index (χ0v) is 13.1. The second kappa shape index (κ2) is 6.16. The first-order valence-electron chi connectivity index (χ1n) is 7.51. The fourth-order valence-electron chi connectivity index (χ4n) is 2.65. The van der Waals surface area contributed by atoms with Crippen molar-refractivity contribution in [1.82, 2.24) is 10.2 Å². The molecule has 122 valence electrons. The number of aromatic amines is 1. The summed E-state index contributed by atoms with van der Waals surface area (Å²) in [5, 5.41) is 20.1. The van der Waals surface area contributed by atoms with Crippen LogP contribution in [-0.4, -0.2) is 27.2 Å². The molecule has 0 aliphatic rings. The van der Waals surface area contributed by atoms with Crippen LogP contribution in [0.5, 0.6) is 0 Å². The van der Waals surface area contributed by atoms with Gasteiger partial charge in [-0.15, -0.1) is 0 Å². The van der Waals surface area contributed by atoms with E-state index in [1.54, 1.807) is 49.5 Å². The molecular formula is C18H17N3O3. The Morgan fingerprint density at radius 2 is 1.96 bits per heavy atom. The number of nitrogens with zero attached hydrogens (tertiary/aromatic N) is 1. The van der Waals surface area contributed by atoms with Crippen LogP contribution in [0.1, 0.15) is 18.9 Å². The van der Waals surface area contributed by atoms with E-state index in [2.05, 4.69) is 15.5 Å². The first-order chi connectivity index (χ1) is 11.5. The molecule has 0 unspecified atom stereocenters. The third-order valence-corrected chi connectivity index (χ3v) is 4.12. The number of H-pyrrole nitrogens is 1. The van der Waals surface area contributed by atoms with E-state index in [4.69, 9.17) is 0 Å². The Morgan fingerprint density at radius 3 is 2.67 bits per heavy atom. The minimum absolute atomic E-state index is 0.159. The molecule has 0 saturated heterocycles. The molecule has 3 aromatic rings. The summed E-state index contributed by atoms with van der Waals surface area (Å²) in [7, 11) is 0. The van der Waals surface area contributed by atoms with Gasteiger partial charge in [0, 0.05) is 17.5 Å². The second-order valence-corrected chi connectivity index (χ2v) is 5.90. The number of carboxylic acid groups (broad SMARTS) is 1. The number of hydrogen-bond acceptors (Lipinski definition) is 3. The number of carboxylic acids is 1. The standard InChI is InChI=1S/C18H17N3O3/c1-18(17(23)24,13-5-3-2-4-6-13)10-16(22)20-14-8-7-12-11-19-21-15(12)9-14/h2-9,11H,10H2,1H3,(H,19,21)(H,20,22)(H,23,24)/t18-/m1/s1. The summed E-state index contributed by atoms with van der Waals surface area (Å²) in [6.45, 7) is 1.56. The average Bonchev–Trinajstić information content (AvgIpc) is 3.03. The van der Waals surface area contributed by atoms with E-state index < -0.39 is 11.4 Å². The lowest BCUT2D eigenvalue weighted by molar-refractivity contribution is -0.145. The number of carbonyl (C=O) groups is 2. The van der Waals surface area contributed by atoms with Crippen molar-refractivity contribution in [1.29, 1.82) is 0 Å². The quantitative estimate of drug-likeness (QED) is 0.673. The van der Waals surface area contributed by atoms with E-state index in [1.165, 1.54) is 0 Å². The number of rotatable bonds is 5. The van der Waals surface area contributed by atoms with Crippen LogP contribution in [0, 0.1) is 0 Å². The molecule has 0 spiro atoms. The van der Waals surface area contributed by atoms with Gasteiger partial charge in [-0.25, -0.2) is 0 Å². The van der Waals surface area contributed by atoms with Crippen LogP contribution in [-0.2, 0) is 15.0 Å². The summed E-state index contributed by atoms with van der Waals surface area (Å²) in [5.41, 5.74) is 0.703. The number of aromatic nitrogens is 2. The SMILES string of the molecule is C[C@](CC(=O)Nc1ccc2cn[nH]c2c1)(C(=O)O)c1ccccc1. The van der Waals surface area contributed by atoms with Crippen molar-refractivity contribution in [2.45, 2.75) is 18.8 Å². The molecule has 1 heterocycles. The van der Waals surface area contributed by atoms with Crippen LogP contribution in [0.3, 0.4) is 0 Å². The maximum atomic E-state index is 12.4. The van der Waals surface area contributed by atoms with Crippen molar-refractivity contribution in [3.05, 3.63) is 60.3 Å². The lowest BCUT2D eigenvalue weighted by atomic mass is 9.79. The molecule has 2 aromatic carbocycles. The van der Waals surface area contributed by atoms with Crippen LogP contribution < -0.4 is 5.32 Å². The van der Waals surface area contributed by atoms with E-state index in [0.29, 0.717) is 11.3 Å². The Morgan fingerprint density at radius 1 is 1.21 bits per heavy atom. The van der Waals surface area contributed by atoms with Crippen molar-refractivity contribution in [2.75, 3.05) is 5.32 Å². The van der Waals surface area contributed by atoms with Crippen molar-refractivity contribution >= 4 is 28.5 Å². The van der Waals surface area contributed by atoms with E-state index in [-0.39, 0.29) is 12.3 Å². The summed E-state index contributed by atoms with van der Waals surface area (Å²) in [4.78, 5) is 24.1. The Bertz CT molecular complexity index is 889. The molecule has 0 aliphatic heterocycles. The summed E-state index contributed by atoms with van der Waals surface area (Å²) >= 11 is 0. The van der Waals surface area contributed by atoms with Gasteiger partial charge in [0.05, 0.1) is 17.1 Å². The number of fused-ring (bicyclic) bond motifs is 1. The Balaban J connectivity index is 1.80. The van der Waals surface area contributed by atoms with Crippen LogP contribution in [0.25, 0.3) is 10.9 Å². The molecule has 0 radical (unpaired) electrons. The molecule has 0 bridgehead atoms. The molecule has 0 aliphatic carbocycles. The van der Waals surface area contributed by atoms with E-state index >= 15 is 0 Å². The zero-order chi connectivity index (χ0) is 17.2. The molecule has 24 heavy (non-hydrogen) atoms. The maximum absolute atomic E-state index is 12.4. The highest BCUT2D eigenvalue weighted by Gasteiger charge is 2.37. The molecule has 6 heteroatoms. The third-order valence-electron chi connectivity index (χ3n) is 4.12. The lowest BCUT2D eigenvalue weighted by Gasteiger charge is -2.24. The van der Waals surface area contributed by atoms with Crippen molar-refractivity contribution in [2.24, 2.45) is 0 Å². The normalized spacial score (nSPS) is 13.4. The van der Waals surface area contributed by atoms with Crippen molar-refractivity contribution in [3.63, 3.8) is 0 Å². The van der Waals surface area contributed by atoms with Gasteiger partial charge in [0.2, 0.25) is 5.91 Å². The first kappa shape index (κ1) is 15.7. The van der Waals surface area contributed by atoms with Crippen LogP contribution in [0.2, 0.25) is 0 Å². The fourth-order valence-corrected chi connectivity index (χ4v) is 2.65. The van der Waals surface area contributed by atoms with Gasteiger partial charge in [-0.05, 0) is 30.7 Å². The highest BCUT2D eigenvalue weighted by molar-refractivity contribution is 5.97. The van der Waals surface area contributed by atoms with E-state index in [1.807, 2.05) is 12.1 Å². The van der Waals surface area contributed by atoms with Gasteiger partial charge in [-0.2, -0.15) is 5.10 Å². The zero-order valence-electron chi connectivity index (χ0n) is 13.1. The second-order valence-electron chi connectivity index (χ2n) is 5.90. The Kier molecular flexibility index (Phi) is 4.04. The van der Waals surface area contributed by atoms with Gasteiger partial charge >= 0.3 is 5.97 Å². The predicted molar refractivity (Wildman–Crippen MR) is 90.8 cm³/mol. The third kappa shape index (κ3) is 2.99. The molecule has 6 nitrogen and oxygen atoms in total. The molecule has 1 amide bonds. The Labute approximate surface area is 138 Å². The smallest absolute Gasteiger partial charge is 0.314 e. The molecule has 0 saturated carbocycles. The minimum atomic E-state index is -1.29. The topological polar surface area (TPSA) is 95.1 Å². The van der Waals surface area contributed by atoms with Gasteiger partial charge in [0.15, 0.2) is 0 Å². The summed E-state index contributed by atoms with van der Waals surface area (Å²) < 4.78 is 0. The molecule has 1 aromatic heterocycles.